The molecule has 0 amide bonds. The molecule has 0 fully saturated rings. The molecule has 26 heavy (non-hydrogen) atoms. The lowest BCUT2D eigenvalue weighted by Crippen LogP contribution is -2.12. The largest absolute Gasteiger partial charge is 0.423 e. The summed E-state index contributed by atoms with van der Waals surface area (Å²) in [6.45, 7) is 0. The fraction of sp³-hybridized carbons (Fsp3) is 0.0625. The fourth-order valence-corrected chi connectivity index (χ4v) is 3.75. The summed E-state index contributed by atoms with van der Waals surface area (Å²) in [5.74, 6) is -0.292. The van der Waals surface area contributed by atoms with E-state index in [1.54, 1.807) is 6.07 Å². The summed E-state index contributed by atoms with van der Waals surface area (Å²) >= 11 is 3.13. The van der Waals surface area contributed by atoms with Crippen molar-refractivity contribution in [2.75, 3.05) is 0 Å². The molecule has 0 radical (unpaired) electrons. The van der Waals surface area contributed by atoms with E-state index in [-0.39, 0.29) is 16.0 Å². The van der Waals surface area contributed by atoms with Gasteiger partial charge in [0, 0.05) is 22.0 Å². The Morgan fingerprint density at radius 3 is 2.42 bits per heavy atom. The van der Waals surface area contributed by atoms with E-state index < -0.39 is 33.1 Å². The molecule has 0 aliphatic heterocycles. The first-order valence-electron chi connectivity index (χ1n) is 6.91. The highest BCUT2D eigenvalue weighted by atomic mass is 79.9. The summed E-state index contributed by atoms with van der Waals surface area (Å²) in [4.78, 5) is 11.2. The second kappa shape index (κ2) is 6.44. The minimum atomic E-state index is -4.76. The number of halogens is 4. The van der Waals surface area contributed by atoms with Crippen molar-refractivity contribution in [1.29, 1.82) is 0 Å². The van der Waals surface area contributed by atoms with Crippen molar-refractivity contribution in [3.63, 3.8) is 0 Å². The smallest absolute Gasteiger partial charge is 0.417 e. The molecule has 0 aliphatic rings. The number of hydrogen-bond donors (Lipinski definition) is 0. The van der Waals surface area contributed by atoms with Crippen molar-refractivity contribution in [1.82, 2.24) is 0 Å². The zero-order valence-corrected chi connectivity index (χ0v) is 15.0. The summed E-state index contributed by atoms with van der Waals surface area (Å²) in [7, 11) is -4.23. The van der Waals surface area contributed by atoms with Gasteiger partial charge in [-0.1, -0.05) is 22.0 Å². The number of benzene rings is 2. The second-order valence-corrected chi connectivity index (χ2v) is 7.59. The Morgan fingerprint density at radius 1 is 1.04 bits per heavy atom. The van der Waals surface area contributed by atoms with Gasteiger partial charge < -0.3 is 8.60 Å². The molecule has 3 aromatic rings. The highest BCUT2D eigenvalue weighted by Gasteiger charge is 2.34. The van der Waals surface area contributed by atoms with Crippen molar-refractivity contribution >= 4 is 37.0 Å². The third-order valence-corrected chi connectivity index (χ3v) is 5.05. The Hall–Kier alpha value is -2.33. The molecule has 0 aliphatic carbocycles. The van der Waals surface area contributed by atoms with E-state index in [1.165, 1.54) is 18.2 Å². The molecule has 0 saturated heterocycles. The minimum absolute atomic E-state index is 0.155. The van der Waals surface area contributed by atoms with Crippen LogP contribution in [-0.2, 0) is 16.3 Å². The van der Waals surface area contributed by atoms with Crippen LogP contribution in [0.2, 0.25) is 0 Å². The first kappa shape index (κ1) is 18.5. The molecule has 0 unspecified atom stereocenters. The maximum atomic E-state index is 13.0. The van der Waals surface area contributed by atoms with E-state index >= 15 is 0 Å². The number of hydrogen-bond acceptors (Lipinski definition) is 5. The summed E-state index contributed by atoms with van der Waals surface area (Å²) in [5, 5.41) is -0.385. The molecule has 2 aromatic carbocycles. The lowest BCUT2D eigenvalue weighted by atomic mass is 10.1. The van der Waals surface area contributed by atoms with E-state index in [4.69, 9.17) is 8.60 Å². The zero-order chi connectivity index (χ0) is 19.1. The third kappa shape index (κ3) is 3.75. The van der Waals surface area contributed by atoms with Gasteiger partial charge in [-0.2, -0.15) is 21.6 Å². The maximum absolute atomic E-state index is 13.0. The Kier molecular flexibility index (Phi) is 4.57. The van der Waals surface area contributed by atoms with Crippen LogP contribution in [0.3, 0.4) is 0 Å². The third-order valence-electron chi connectivity index (χ3n) is 3.31. The predicted molar refractivity (Wildman–Crippen MR) is 89.4 cm³/mol. The Labute approximate surface area is 153 Å². The molecule has 0 atom stereocenters. The Morgan fingerprint density at radius 2 is 1.77 bits per heavy atom. The van der Waals surface area contributed by atoms with Crippen LogP contribution in [0.25, 0.3) is 11.0 Å². The van der Waals surface area contributed by atoms with Gasteiger partial charge in [-0.25, -0.2) is 4.79 Å². The van der Waals surface area contributed by atoms with Crippen molar-refractivity contribution in [2.24, 2.45) is 0 Å². The van der Waals surface area contributed by atoms with E-state index in [0.29, 0.717) is 10.5 Å². The number of alkyl halides is 3. The summed E-state index contributed by atoms with van der Waals surface area (Å²) in [6.07, 6.45) is -4.76. The van der Waals surface area contributed by atoms with Gasteiger partial charge >= 0.3 is 21.9 Å². The fourth-order valence-electron chi connectivity index (χ4n) is 2.23. The minimum Gasteiger partial charge on any atom is -0.423 e. The van der Waals surface area contributed by atoms with Crippen LogP contribution < -0.4 is 9.81 Å². The van der Waals surface area contributed by atoms with Crippen LogP contribution in [-0.4, -0.2) is 8.42 Å². The summed E-state index contributed by atoms with van der Waals surface area (Å²) in [5.41, 5.74) is -2.83. The molecule has 3 rings (SSSR count). The average molecular weight is 449 g/mol. The van der Waals surface area contributed by atoms with E-state index in [2.05, 4.69) is 15.9 Å². The van der Waals surface area contributed by atoms with Crippen LogP contribution in [0.15, 0.2) is 67.1 Å². The van der Waals surface area contributed by atoms with Crippen LogP contribution in [0.1, 0.15) is 5.56 Å². The standard InChI is InChI=1S/C16H8BrF3O5S/c17-9-2-1-3-11(6-9)26(22,23)25-10-4-5-12-13(16(18,19)20)8-15(21)24-14(12)7-10/h1-8H. The maximum Gasteiger partial charge on any atom is 0.417 e. The summed E-state index contributed by atoms with van der Waals surface area (Å²) in [6, 6.07) is 8.97. The van der Waals surface area contributed by atoms with Crippen LogP contribution >= 0.6 is 15.9 Å². The van der Waals surface area contributed by atoms with E-state index in [9.17, 15) is 26.4 Å². The zero-order valence-electron chi connectivity index (χ0n) is 12.6. The topological polar surface area (TPSA) is 73.6 Å². The quantitative estimate of drug-likeness (QED) is 0.440. The molecule has 0 saturated carbocycles. The van der Waals surface area contributed by atoms with Crippen LogP contribution in [0.4, 0.5) is 13.2 Å². The molecule has 1 heterocycles. The molecule has 1 aromatic heterocycles. The molecule has 0 N–H and O–H groups in total. The van der Waals surface area contributed by atoms with Crippen LogP contribution in [0, 0.1) is 0 Å². The highest BCUT2D eigenvalue weighted by molar-refractivity contribution is 9.10. The van der Waals surface area contributed by atoms with Crippen molar-refractivity contribution in [3.05, 3.63) is 69.0 Å². The molecule has 0 bridgehead atoms. The van der Waals surface area contributed by atoms with Crippen molar-refractivity contribution < 1.29 is 30.2 Å². The van der Waals surface area contributed by atoms with Gasteiger partial charge in [0.05, 0.1) is 5.56 Å². The number of fused-ring (bicyclic) bond motifs is 1. The molecule has 136 valence electrons. The first-order chi connectivity index (χ1) is 12.1. The number of rotatable bonds is 3. The average Bonchev–Trinajstić information content (AvgIpc) is 2.52. The normalized spacial score (nSPS) is 12.3. The van der Waals surface area contributed by atoms with Crippen LogP contribution in [0.5, 0.6) is 5.75 Å². The second-order valence-electron chi connectivity index (χ2n) is 5.13. The monoisotopic (exact) mass is 448 g/mol. The van der Waals surface area contributed by atoms with Gasteiger partial charge in [-0.05, 0) is 30.3 Å². The predicted octanol–water partition coefficient (Wildman–Crippen LogP) is 4.34. The Bertz CT molecular complexity index is 1150. The molecule has 10 heteroatoms. The summed E-state index contributed by atoms with van der Waals surface area (Å²) < 4.78 is 73.8. The van der Waals surface area contributed by atoms with Gasteiger partial charge in [0.25, 0.3) is 0 Å². The van der Waals surface area contributed by atoms with Crippen molar-refractivity contribution in [2.45, 2.75) is 11.1 Å². The van der Waals surface area contributed by atoms with Gasteiger partial charge in [-0.3, -0.25) is 0 Å². The van der Waals surface area contributed by atoms with E-state index in [1.807, 2.05) is 0 Å². The SMILES string of the molecule is O=c1cc(C(F)(F)F)c2ccc(OS(=O)(=O)c3cccc(Br)c3)cc2o1. The van der Waals surface area contributed by atoms with E-state index in [0.717, 1.165) is 18.2 Å². The molecule has 0 spiro atoms. The first-order valence-corrected chi connectivity index (χ1v) is 9.11. The highest BCUT2D eigenvalue weighted by Crippen LogP contribution is 2.35. The molecule has 5 nitrogen and oxygen atoms in total. The van der Waals surface area contributed by atoms with Crippen molar-refractivity contribution in [3.8, 4) is 5.75 Å². The van der Waals surface area contributed by atoms with Gasteiger partial charge in [0.2, 0.25) is 0 Å². The molecular formula is C16H8BrF3O5S. The van der Waals surface area contributed by atoms with Gasteiger partial charge in [0.1, 0.15) is 16.2 Å². The lowest BCUT2D eigenvalue weighted by molar-refractivity contribution is -0.136. The van der Waals surface area contributed by atoms with Gasteiger partial charge in [-0.15, -0.1) is 0 Å². The van der Waals surface area contributed by atoms with Gasteiger partial charge in [0.15, 0.2) is 0 Å². The Balaban J connectivity index is 2.06. The lowest BCUT2D eigenvalue weighted by Gasteiger charge is -2.11. The molecular weight excluding hydrogens is 441 g/mol.